The number of benzene rings is 2. The van der Waals surface area contributed by atoms with E-state index in [-0.39, 0.29) is 30.3 Å². The Hall–Kier alpha value is -2.69. The molecule has 1 amide bonds. The minimum absolute atomic E-state index is 0.0340. The highest BCUT2D eigenvalue weighted by atomic mass is 19.1. The second-order valence-electron chi connectivity index (χ2n) is 7.09. The average Bonchev–Trinajstić information content (AvgIpc) is 2.66. The van der Waals surface area contributed by atoms with E-state index >= 15 is 0 Å². The van der Waals surface area contributed by atoms with Crippen molar-refractivity contribution in [2.75, 3.05) is 0 Å². The Labute approximate surface area is 157 Å². The number of ether oxygens (including phenoxy) is 1. The van der Waals surface area contributed by atoms with Crippen LogP contribution in [0.2, 0.25) is 0 Å². The van der Waals surface area contributed by atoms with Crippen LogP contribution in [0, 0.1) is 11.6 Å². The fraction of sp³-hybridized carbons (Fsp3) is 0.318. The highest BCUT2D eigenvalue weighted by molar-refractivity contribution is 5.75. The second kappa shape index (κ2) is 7.51. The van der Waals surface area contributed by atoms with Crippen molar-refractivity contribution in [1.82, 2.24) is 4.90 Å². The van der Waals surface area contributed by atoms with E-state index in [4.69, 9.17) is 4.74 Å². The summed E-state index contributed by atoms with van der Waals surface area (Å²) in [5, 5.41) is 0. The summed E-state index contributed by atoms with van der Waals surface area (Å²) in [6.45, 7) is 0.216. The Morgan fingerprint density at radius 3 is 2.48 bits per heavy atom. The van der Waals surface area contributed by atoms with Crippen molar-refractivity contribution in [1.29, 1.82) is 0 Å². The Morgan fingerprint density at radius 2 is 1.78 bits per heavy atom. The largest absolute Gasteiger partial charge is 0.445 e. The monoisotopic (exact) mass is 369 g/mol. The topological polar surface area (TPSA) is 29.5 Å². The van der Waals surface area contributed by atoms with Crippen LogP contribution in [0.4, 0.5) is 13.6 Å². The number of nitrogens with zero attached hydrogens (tertiary/aromatic N) is 1. The maximum atomic E-state index is 14.2. The zero-order chi connectivity index (χ0) is 18.8. The van der Waals surface area contributed by atoms with E-state index < -0.39 is 11.6 Å². The van der Waals surface area contributed by atoms with E-state index in [1.807, 2.05) is 36.4 Å². The first-order valence-corrected chi connectivity index (χ1v) is 9.27. The zero-order valence-corrected chi connectivity index (χ0v) is 14.9. The van der Waals surface area contributed by atoms with Crippen LogP contribution in [0.15, 0.2) is 54.6 Å². The summed E-state index contributed by atoms with van der Waals surface area (Å²) in [4.78, 5) is 14.4. The van der Waals surface area contributed by atoms with E-state index in [1.165, 1.54) is 18.2 Å². The van der Waals surface area contributed by atoms with Crippen LogP contribution in [0.3, 0.4) is 0 Å². The molecule has 2 aliphatic heterocycles. The lowest BCUT2D eigenvalue weighted by atomic mass is 9.83. The average molecular weight is 369 g/mol. The second-order valence-corrected chi connectivity index (χ2v) is 7.09. The lowest BCUT2D eigenvalue weighted by Crippen LogP contribution is -2.51. The number of piperidine rings is 1. The molecule has 0 saturated carbocycles. The lowest BCUT2D eigenvalue weighted by Gasteiger charge is -2.44. The predicted molar refractivity (Wildman–Crippen MR) is 98.8 cm³/mol. The van der Waals surface area contributed by atoms with Crippen molar-refractivity contribution in [2.24, 2.45) is 0 Å². The first-order chi connectivity index (χ1) is 13.1. The Morgan fingerprint density at radius 1 is 1.04 bits per heavy atom. The number of carbonyl (C=O) groups is 1. The molecule has 0 radical (unpaired) electrons. The maximum Gasteiger partial charge on any atom is 0.410 e. The normalized spacial score (nSPS) is 21.6. The maximum absolute atomic E-state index is 14.2. The molecule has 2 bridgehead atoms. The van der Waals surface area contributed by atoms with Crippen LogP contribution < -0.4 is 0 Å². The molecule has 2 atom stereocenters. The lowest BCUT2D eigenvalue weighted by molar-refractivity contribution is 0.0510. The fourth-order valence-corrected chi connectivity index (χ4v) is 4.10. The first kappa shape index (κ1) is 17.7. The van der Waals surface area contributed by atoms with Gasteiger partial charge in [-0.05, 0) is 49.0 Å². The van der Waals surface area contributed by atoms with Crippen molar-refractivity contribution in [3.05, 3.63) is 77.4 Å². The molecule has 1 saturated heterocycles. The quantitative estimate of drug-likeness (QED) is 0.734. The number of halogens is 2. The summed E-state index contributed by atoms with van der Waals surface area (Å²) in [7, 11) is 0. The molecule has 2 aromatic carbocycles. The third-order valence-electron chi connectivity index (χ3n) is 5.34. The van der Waals surface area contributed by atoms with Crippen LogP contribution in [0.1, 0.15) is 36.8 Å². The van der Waals surface area contributed by atoms with Crippen LogP contribution >= 0.6 is 0 Å². The van der Waals surface area contributed by atoms with E-state index in [2.05, 4.69) is 0 Å². The SMILES string of the molecule is O=C(OCc1ccccc1)N1C2C=C(c3c(F)cccc3F)CC1CCC2. The molecule has 0 spiro atoms. The Bertz CT molecular complexity index is 846. The summed E-state index contributed by atoms with van der Waals surface area (Å²) in [6.07, 6.45) is 4.48. The van der Waals surface area contributed by atoms with E-state index in [9.17, 15) is 13.6 Å². The van der Waals surface area contributed by atoms with Crippen molar-refractivity contribution in [3.63, 3.8) is 0 Å². The molecule has 4 rings (SSSR count). The first-order valence-electron chi connectivity index (χ1n) is 9.27. The number of carbonyl (C=O) groups excluding carboxylic acids is 1. The molecule has 140 valence electrons. The molecule has 0 N–H and O–H groups in total. The molecule has 0 aliphatic carbocycles. The van der Waals surface area contributed by atoms with Crippen molar-refractivity contribution >= 4 is 11.7 Å². The van der Waals surface area contributed by atoms with Gasteiger partial charge in [0.15, 0.2) is 0 Å². The van der Waals surface area contributed by atoms with Gasteiger partial charge in [-0.1, -0.05) is 42.5 Å². The van der Waals surface area contributed by atoms with Crippen LogP contribution in [0.5, 0.6) is 0 Å². The summed E-state index contributed by atoms with van der Waals surface area (Å²) < 4.78 is 33.9. The highest BCUT2D eigenvalue weighted by Crippen LogP contribution is 2.38. The van der Waals surface area contributed by atoms with Gasteiger partial charge in [0.1, 0.15) is 18.2 Å². The molecular formula is C22H21F2NO2. The van der Waals surface area contributed by atoms with Gasteiger partial charge >= 0.3 is 6.09 Å². The predicted octanol–water partition coefficient (Wildman–Crippen LogP) is 5.31. The van der Waals surface area contributed by atoms with E-state index in [0.717, 1.165) is 24.8 Å². The van der Waals surface area contributed by atoms with Crippen LogP contribution in [0.25, 0.3) is 5.57 Å². The summed E-state index contributed by atoms with van der Waals surface area (Å²) in [6, 6.07) is 13.2. The minimum atomic E-state index is -0.556. The van der Waals surface area contributed by atoms with E-state index in [1.54, 1.807) is 4.90 Å². The molecule has 2 aromatic rings. The van der Waals surface area contributed by atoms with Crippen molar-refractivity contribution < 1.29 is 18.3 Å². The molecule has 2 aliphatic rings. The number of rotatable bonds is 3. The smallest absolute Gasteiger partial charge is 0.410 e. The zero-order valence-electron chi connectivity index (χ0n) is 14.9. The molecule has 1 fully saturated rings. The number of hydrogen-bond acceptors (Lipinski definition) is 2. The van der Waals surface area contributed by atoms with Gasteiger partial charge in [0, 0.05) is 11.6 Å². The molecule has 0 aromatic heterocycles. The Kier molecular flexibility index (Phi) is 4.92. The minimum Gasteiger partial charge on any atom is -0.445 e. The van der Waals surface area contributed by atoms with Gasteiger partial charge in [-0.3, -0.25) is 4.90 Å². The fourth-order valence-electron chi connectivity index (χ4n) is 4.10. The molecule has 27 heavy (non-hydrogen) atoms. The summed E-state index contributed by atoms with van der Waals surface area (Å²) in [5.41, 5.74) is 1.61. The van der Waals surface area contributed by atoms with Gasteiger partial charge in [-0.25, -0.2) is 13.6 Å². The summed E-state index contributed by atoms with van der Waals surface area (Å²) >= 11 is 0. The number of fused-ring (bicyclic) bond motifs is 2. The van der Waals surface area contributed by atoms with Crippen molar-refractivity contribution in [3.8, 4) is 0 Å². The van der Waals surface area contributed by atoms with Gasteiger partial charge in [0.25, 0.3) is 0 Å². The standard InChI is InChI=1S/C22H21F2NO2/c23-19-10-5-11-20(24)21(19)16-12-17-8-4-9-18(13-16)25(17)22(26)27-14-15-6-2-1-3-7-15/h1-3,5-7,10-12,17-18H,4,8-9,13-14H2. The third kappa shape index (κ3) is 3.59. The molecule has 5 heteroatoms. The molecular weight excluding hydrogens is 348 g/mol. The third-order valence-corrected chi connectivity index (χ3v) is 5.34. The Balaban J connectivity index is 1.54. The molecule has 2 heterocycles. The number of amides is 1. The molecule has 3 nitrogen and oxygen atoms in total. The van der Waals surface area contributed by atoms with Gasteiger partial charge in [0.2, 0.25) is 0 Å². The highest BCUT2D eigenvalue weighted by Gasteiger charge is 2.39. The van der Waals surface area contributed by atoms with Gasteiger partial charge < -0.3 is 4.74 Å². The van der Waals surface area contributed by atoms with Crippen LogP contribution in [-0.2, 0) is 11.3 Å². The summed E-state index contributed by atoms with van der Waals surface area (Å²) in [5.74, 6) is -1.11. The molecule has 2 unspecified atom stereocenters. The number of hydrogen-bond donors (Lipinski definition) is 0. The van der Waals surface area contributed by atoms with Gasteiger partial charge in [0.05, 0.1) is 6.04 Å². The van der Waals surface area contributed by atoms with Crippen molar-refractivity contribution in [2.45, 2.75) is 44.4 Å². The van der Waals surface area contributed by atoms with Crippen LogP contribution in [-0.4, -0.2) is 23.1 Å². The van der Waals surface area contributed by atoms with E-state index in [0.29, 0.717) is 12.0 Å². The van der Waals surface area contributed by atoms with Gasteiger partial charge in [-0.15, -0.1) is 0 Å². The van der Waals surface area contributed by atoms with Gasteiger partial charge in [-0.2, -0.15) is 0 Å².